The minimum atomic E-state index is 0.0374. The number of pyridine rings is 1. The molecular weight excluding hydrogens is 176 g/mol. The molecule has 0 aliphatic heterocycles. The van der Waals surface area contributed by atoms with Gasteiger partial charge in [-0.1, -0.05) is 13.3 Å². The Morgan fingerprint density at radius 3 is 2.86 bits per heavy atom. The van der Waals surface area contributed by atoms with Crippen molar-refractivity contribution in [3.8, 4) is 0 Å². The molecule has 3 heteroatoms. The fraction of sp³-hybridized carbons (Fsp3) is 0.455. The highest BCUT2D eigenvalue weighted by Crippen LogP contribution is 2.19. The fourth-order valence-corrected chi connectivity index (χ4v) is 1.37. The summed E-state index contributed by atoms with van der Waals surface area (Å²) in [6.07, 6.45) is 5.56. The van der Waals surface area contributed by atoms with Gasteiger partial charge in [-0.25, -0.2) is 0 Å². The normalized spacial score (nSPS) is 9.93. The maximum atomic E-state index is 11.2. The zero-order chi connectivity index (χ0) is 10.6. The van der Waals surface area contributed by atoms with E-state index in [0.29, 0.717) is 0 Å². The van der Waals surface area contributed by atoms with E-state index in [0.717, 1.165) is 18.5 Å². The zero-order valence-electron chi connectivity index (χ0n) is 8.95. The van der Waals surface area contributed by atoms with E-state index >= 15 is 0 Å². The van der Waals surface area contributed by atoms with E-state index in [1.807, 2.05) is 6.07 Å². The fourth-order valence-electron chi connectivity index (χ4n) is 1.37. The number of hydrogen-bond donors (Lipinski definition) is 0. The molecule has 1 rings (SSSR count). The van der Waals surface area contributed by atoms with Crippen LogP contribution in [-0.2, 0) is 11.2 Å². The van der Waals surface area contributed by atoms with Gasteiger partial charge in [-0.2, -0.15) is 0 Å². The van der Waals surface area contributed by atoms with Crippen molar-refractivity contribution in [2.75, 3.05) is 11.9 Å². The molecule has 1 heterocycles. The number of carbonyl (C=O) groups excluding carboxylic acids is 1. The van der Waals surface area contributed by atoms with Crippen molar-refractivity contribution in [1.82, 2.24) is 4.98 Å². The SMILES string of the molecule is CCCc1ccncc1N(C)C(C)=O. The van der Waals surface area contributed by atoms with Crippen LogP contribution in [0.15, 0.2) is 18.5 Å². The number of hydrogen-bond acceptors (Lipinski definition) is 2. The molecule has 1 aromatic rings. The third-order valence-electron chi connectivity index (χ3n) is 2.24. The highest BCUT2D eigenvalue weighted by atomic mass is 16.2. The molecule has 76 valence electrons. The highest BCUT2D eigenvalue weighted by molar-refractivity contribution is 5.91. The molecule has 0 saturated heterocycles. The van der Waals surface area contributed by atoms with Gasteiger partial charge in [0.1, 0.15) is 0 Å². The Hall–Kier alpha value is -1.38. The average molecular weight is 192 g/mol. The van der Waals surface area contributed by atoms with Gasteiger partial charge in [0.2, 0.25) is 5.91 Å². The second-order valence-corrected chi connectivity index (χ2v) is 3.33. The third-order valence-corrected chi connectivity index (χ3v) is 2.24. The standard InChI is InChI=1S/C11H16N2O/c1-4-5-10-6-7-12-8-11(10)13(3)9(2)14/h6-8H,4-5H2,1-3H3. The lowest BCUT2D eigenvalue weighted by Crippen LogP contribution is -2.24. The van der Waals surface area contributed by atoms with Gasteiger partial charge in [0, 0.05) is 20.2 Å². The van der Waals surface area contributed by atoms with Crippen molar-refractivity contribution in [3.63, 3.8) is 0 Å². The van der Waals surface area contributed by atoms with Gasteiger partial charge in [-0.05, 0) is 18.1 Å². The number of rotatable bonds is 3. The van der Waals surface area contributed by atoms with E-state index < -0.39 is 0 Å². The van der Waals surface area contributed by atoms with E-state index in [4.69, 9.17) is 0 Å². The maximum Gasteiger partial charge on any atom is 0.223 e. The van der Waals surface area contributed by atoms with E-state index in [1.54, 1.807) is 31.3 Å². The lowest BCUT2D eigenvalue weighted by Gasteiger charge is -2.17. The molecular formula is C11H16N2O. The van der Waals surface area contributed by atoms with Crippen LogP contribution in [0.2, 0.25) is 0 Å². The third kappa shape index (κ3) is 2.31. The van der Waals surface area contributed by atoms with E-state index in [2.05, 4.69) is 11.9 Å². The first-order chi connectivity index (χ1) is 6.66. The summed E-state index contributed by atoms with van der Waals surface area (Å²) >= 11 is 0. The van der Waals surface area contributed by atoms with Gasteiger partial charge in [0.25, 0.3) is 0 Å². The van der Waals surface area contributed by atoms with Gasteiger partial charge in [-0.15, -0.1) is 0 Å². The topological polar surface area (TPSA) is 33.2 Å². The molecule has 1 aromatic heterocycles. The van der Waals surface area contributed by atoms with Crippen molar-refractivity contribution >= 4 is 11.6 Å². The first-order valence-corrected chi connectivity index (χ1v) is 4.84. The van der Waals surface area contributed by atoms with Crippen molar-refractivity contribution in [2.45, 2.75) is 26.7 Å². The molecule has 0 fully saturated rings. The van der Waals surface area contributed by atoms with E-state index in [1.165, 1.54) is 5.56 Å². The molecule has 0 atom stereocenters. The summed E-state index contributed by atoms with van der Waals surface area (Å²) in [5.74, 6) is 0.0374. The lowest BCUT2D eigenvalue weighted by atomic mass is 10.1. The van der Waals surface area contributed by atoms with Crippen LogP contribution >= 0.6 is 0 Å². The monoisotopic (exact) mass is 192 g/mol. The van der Waals surface area contributed by atoms with Gasteiger partial charge >= 0.3 is 0 Å². The molecule has 0 radical (unpaired) electrons. The number of carbonyl (C=O) groups is 1. The summed E-state index contributed by atoms with van der Waals surface area (Å²) in [7, 11) is 1.78. The van der Waals surface area contributed by atoms with Crippen LogP contribution in [0.25, 0.3) is 0 Å². The number of nitrogens with zero attached hydrogens (tertiary/aromatic N) is 2. The minimum absolute atomic E-state index is 0.0374. The van der Waals surface area contributed by atoms with E-state index in [-0.39, 0.29) is 5.91 Å². The van der Waals surface area contributed by atoms with E-state index in [9.17, 15) is 4.79 Å². The van der Waals surface area contributed by atoms with Gasteiger partial charge < -0.3 is 4.90 Å². The molecule has 0 aliphatic carbocycles. The zero-order valence-corrected chi connectivity index (χ0v) is 8.95. The largest absolute Gasteiger partial charge is 0.314 e. The highest BCUT2D eigenvalue weighted by Gasteiger charge is 2.09. The molecule has 0 aliphatic rings. The minimum Gasteiger partial charge on any atom is -0.314 e. The number of amides is 1. The van der Waals surface area contributed by atoms with Crippen LogP contribution in [0.1, 0.15) is 25.8 Å². The Morgan fingerprint density at radius 1 is 1.57 bits per heavy atom. The van der Waals surface area contributed by atoms with Crippen LogP contribution in [0.3, 0.4) is 0 Å². The summed E-state index contributed by atoms with van der Waals surface area (Å²) in [6.45, 7) is 3.68. The summed E-state index contributed by atoms with van der Waals surface area (Å²) in [4.78, 5) is 16.9. The Balaban J connectivity index is 3.00. The summed E-state index contributed by atoms with van der Waals surface area (Å²) in [5, 5.41) is 0. The average Bonchev–Trinajstić information content (AvgIpc) is 2.18. The first kappa shape index (κ1) is 10.7. The summed E-state index contributed by atoms with van der Waals surface area (Å²) in [5.41, 5.74) is 2.10. The van der Waals surface area contributed by atoms with Crippen LogP contribution < -0.4 is 4.90 Å². The Kier molecular flexibility index (Phi) is 3.63. The smallest absolute Gasteiger partial charge is 0.223 e. The van der Waals surface area contributed by atoms with Crippen LogP contribution in [-0.4, -0.2) is 17.9 Å². The van der Waals surface area contributed by atoms with Crippen molar-refractivity contribution in [1.29, 1.82) is 0 Å². The molecule has 0 unspecified atom stereocenters. The van der Waals surface area contributed by atoms with Gasteiger partial charge in [0.15, 0.2) is 0 Å². The lowest BCUT2D eigenvalue weighted by molar-refractivity contribution is -0.116. The van der Waals surface area contributed by atoms with Gasteiger partial charge in [0.05, 0.1) is 11.9 Å². The van der Waals surface area contributed by atoms with Crippen molar-refractivity contribution in [2.24, 2.45) is 0 Å². The second kappa shape index (κ2) is 4.74. The molecule has 0 saturated carbocycles. The van der Waals surface area contributed by atoms with Crippen molar-refractivity contribution in [3.05, 3.63) is 24.0 Å². The molecule has 14 heavy (non-hydrogen) atoms. The maximum absolute atomic E-state index is 11.2. The van der Waals surface area contributed by atoms with Crippen LogP contribution in [0.4, 0.5) is 5.69 Å². The predicted molar refractivity (Wildman–Crippen MR) is 57.3 cm³/mol. The van der Waals surface area contributed by atoms with Crippen LogP contribution in [0.5, 0.6) is 0 Å². The van der Waals surface area contributed by atoms with Crippen LogP contribution in [0, 0.1) is 0 Å². The Morgan fingerprint density at radius 2 is 2.29 bits per heavy atom. The van der Waals surface area contributed by atoms with Gasteiger partial charge in [-0.3, -0.25) is 9.78 Å². The molecule has 3 nitrogen and oxygen atoms in total. The summed E-state index contributed by atoms with van der Waals surface area (Å²) in [6, 6.07) is 1.97. The summed E-state index contributed by atoms with van der Waals surface area (Å²) < 4.78 is 0. The predicted octanol–water partition coefficient (Wildman–Crippen LogP) is 2.02. The molecule has 0 aromatic carbocycles. The quantitative estimate of drug-likeness (QED) is 0.734. The first-order valence-electron chi connectivity index (χ1n) is 4.84. The Bertz CT molecular complexity index is 323. The molecule has 0 spiro atoms. The molecule has 1 amide bonds. The van der Waals surface area contributed by atoms with Crippen molar-refractivity contribution < 1.29 is 4.79 Å². The Labute approximate surface area is 84.8 Å². The molecule has 0 bridgehead atoms. The number of anilines is 1. The number of aromatic nitrogens is 1. The number of aryl methyl sites for hydroxylation is 1. The second-order valence-electron chi connectivity index (χ2n) is 3.33. The molecule has 0 N–H and O–H groups in total.